The molecular formula is C43H61NO4Si2. The van der Waals surface area contributed by atoms with Crippen molar-refractivity contribution < 1.29 is 18.3 Å². The molecule has 0 amide bonds. The van der Waals surface area contributed by atoms with E-state index in [-0.39, 0.29) is 16.2 Å². The summed E-state index contributed by atoms with van der Waals surface area (Å²) in [6.45, 7) is 26.9. The third-order valence-electron chi connectivity index (χ3n) is 11.4. The van der Waals surface area contributed by atoms with Gasteiger partial charge in [0.05, 0.1) is 0 Å². The Morgan fingerprint density at radius 1 is 0.660 bits per heavy atom. The van der Waals surface area contributed by atoms with E-state index < -0.39 is 16.6 Å². The molecule has 0 radical (unpaired) electrons. The number of ether oxygens (including phenoxy) is 2. The molecule has 50 heavy (non-hydrogen) atoms. The van der Waals surface area contributed by atoms with Gasteiger partial charge in [0.25, 0.3) is 0 Å². The SMILES string of the molecule is COC(c1ccc(OCCN2CCCCC2)cc1)c1c(-c2ccc(O[Si](C)(C)C(C)(C)C)cc2)ccc2cc(O[Si](C)(C)C(C)(C)C)ccc12. The summed E-state index contributed by atoms with van der Waals surface area (Å²) in [4.78, 5) is 2.51. The van der Waals surface area contributed by atoms with Crippen LogP contribution < -0.4 is 13.6 Å². The Kier molecular flexibility index (Phi) is 11.6. The highest BCUT2D eigenvalue weighted by atomic mass is 28.4. The van der Waals surface area contributed by atoms with E-state index in [1.54, 1.807) is 7.11 Å². The van der Waals surface area contributed by atoms with Crippen LogP contribution in [0.4, 0.5) is 0 Å². The molecule has 1 heterocycles. The Bertz CT molecular complexity index is 1710. The molecule has 0 aliphatic carbocycles. The summed E-state index contributed by atoms with van der Waals surface area (Å²) in [5, 5.41) is 2.53. The van der Waals surface area contributed by atoms with Gasteiger partial charge in [-0.15, -0.1) is 0 Å². The molecular weight excluding hydrogens is 651 g/mol. The summed E-state index contributed by atoms with van der Waals surface area (Å²) in [6, 6.07) is 28.1. The van der Waals surface area contributed by atoms with Gasteiger partial charge in [-0.3, -0.25) is 4.90 Å². The van der Waals surface area contributed by atoms with E-state index in [2.05, 4.69) is 151 Å². The fourth-order valence-electron chi connectivity index (χ4n) is 6.16. The number of piperidine rings is 1. The Morgan fingerprint density at radius 2 is 1.22 bits per heavy atom. The highest BCUT2D eigenvalue weighted by Gasteiger charge is 2.40. The van der Waals surface area contributed by atoms with Gasteiger partial charge in [0.15, 0.2) is 0 Å². The largest absolute Gasteiger partial charge is 0.544 e. The number of benzene rings is 4. The molecule has 4 aromatic carbocycles. The zero-order valence-electron chi connectivity index (χ0n) is 32.6. The zero-order chi connectivity index (χ0) is 36.3. The van der Waals surface area contributed by atoms with Gasteiger partial charge in [0, 0.05) is 19.2 Å². The molecule has 1 unspecified atom stereocenters. The van der Waals surface area contributed by atoms with Crippen LogP contribution in [0.5, 0.6) is 17.2 Å². The Balaban J connectivity index is 1.50. The molecule has 1 fully saturated rings. The lowest BCUT2D eigenvalue weighted by atomic mass is 9.88. The van der Waals surface area contributed by atoms with Gasteiger partial charge in [-0.05, 0) is 126 Å². The minimum absolute atomic E-state index is 0.113. The molecule has 5 nitrogen and oxygen atoms in total. The molecule has 1 aliphatic rings. The Hall–Kier alpha value is -3.11. The molecule has 270 valence electrons. The van der Waals surface area contributed by atoms with Crippen molar-refractivity contribution in [2.45, 2.75) is 103 Å². The van der Waals surface area contributed by atoms with Crippen molar-refractivity contribution in [1.82, 2.24) is 4.90 Å². The summed E-state index contributed by atoms with van der Waals surface area (Å²) in [6.07, 6.45) is 3.65. The van der Waals surface area contributed by atoms with Gasteiger partial charge in [0.2, 0.25) is 16.6 Å². The van der Waals surface area contributed by atoms with Crippen LogP contribution in [-0.2, 0) is 4.74 Å². The summed E-state index contributed by atoms with van der Waals surface area (Å²) < 4.78 is 25.9. The van der Waals surface area contributed by atoms with Gasteiger partial charge < -0.3 is 18.3 Å². The lowest BCUT2D eigenvalue weighted by molar-refractivity contribution is 0.138. The maximum Gasteiger partial charge on any atom is 0.250 e. The molecule has 7 heteroatoms. The summed E-state index contributed by atoms with van der Waals surface area (Å²) in [5.74, 6) is 2.74. The third kappa shape index (κ3) is 8.84. The highest BCUT2D eigenvalue weighted by molar-refractivity contribution is 6.75. The van der Waals surface area contributed by atoms with Crippen LogP contribution in [-0.4, -0.2) is 54.9 Å². The number of hydrogen-bond donors (Lipinski definition) is 0. The van der Waals surface area contributed by atoms with Crippen LogP contribution in [0.1, 0.15) is 78.0 Å². The molecule has 0 spiro atoms. The predicted octanol–water partition coefficient (Wildman–Crippen LogP) is 11.9. The van der Waals surface area contributed by atoms with Crippen molar-refractivity contribution in [1.29, 1.82) is 0 Å². The highest BCUT2D eigenvalue weighted by Crippen LogP contribution is 2.43. The molecule has 1 atom stereocenters. The lowest BCUT2D eigenvalue weighted by Crippen LogP contribution is -2.43. The van der Waals surface area contributed by atoms with Crippen LogP contribution in [0, 0.1) is 0 Å². The first-order valence-electron chi connectivity index (χ1n) is 18.5. The third-order valence-corrected chi connectivity index (χ3v) is 20.1. The molecule has 5 rings (SSSR count). The van der Waals surface area contributed by atoms with Gasteiger partial charge in [0.1, 0.15) is 30.0 Å². The van der Waals surface area contributed by atoms with Gasteiger partial charge in [-0.25, -0.2) is 0 Å². The molecule has 1 saturated heterocycles. The molecule has 0 N–H and O–H groups in total. The quantitative estimate of drug-likeness (QED) is 0.137. The Labute approximate surface area is 304 Å². The average Bonchev–Trinajstić information content (AvgIpc) is 3.05. The van der Waals surface area contributed by atoms with Crippen molar-refractivity contribution in [2.24, 2.45) is 0 Å². The second kappa shape index (κ2) is 15.2. The van der Waals surface area contributed by atoms with E-state index in [0.717, 1.165) is 56.8 Å². The smallest absolute Gasteiger partial charge is 0.250 e. The fourth-order valence-corrected chi connectivity index (χ4v) is 8.22. The number of likely N-dealkylation sites (tertiary alicyclic amines) is 1. The van der Waals surface area contributed by atoms with Crippen molar-refractivity contribution >= 4 is 27.4 Å². The second-order valence-corrected chi connectivity index (χ2v) is 26.5. The summed E-state index contributed by atoms with van der Waals surface area (Å²) in [7, 11) is -2.15. The van der Waals surface area contributed by atoms with Crippen molar-refractivity contribution in [2.75, 3.05) is 33.4 Å². The van der Waals surface area contributed by atoms with Gasteiger partial charge in [-0.1, -0.05) is 90.4 Å². The molecule has 4 aromatic rings. The first kappa shape index (κ1) is 38.1. The second-order valence-electron chi connectivity index (χ2n) is 17.1. The van der Waals surface area contributed by atoms with E-state index in [9.17, 15) is 0 Å². The standard InChI is InChI=1S/C43H61NO4Si2/c1-42(2,3)49(8,9)47-36-22-15-32(16-23-36)38-25-19-34-31-37(48-50(10,11)43(4,5)6)24-26-39(34)40(38)41(45-7)33-17-20-35(21-18-33)46-30-29-44-27-13-12-14-28-44/h15-26,31,41H,12-14,27-30H2,1-11H3. The van der Waals surface area contributed by atoms with E-state index in [4.69, 9.17) is 18.3 Å². The number of nitrogens with zero attached hydrogens (tertiary/aromatic N) is 1. The predicted molar refractivity (Wildman–Crippen MR) is 216 cm³/mol. The van der Waals surface area contributed by atoms with E-state index in [1.165, 1.54) is 32.4 Å². The fraction of sp³-hybridized carbons (Fsp3) is 0.488. The summed E-state index contributed by atoms with van der Waals surface area (Å²) >= 11 is 0. The maximum atomic E-state index is 6.74. The van der Waals surface area contributed by atoms with Crippen LogP contribution in [0.25, 0.3) is 21.9 Å². The maximum absolute atomic E-state index is 6.74. The minimum Gasteiger partial charge on any atom is -0.544 e. The van der Waals surface area contributed by atoms with Crippen LogP contribution in [0.15, 0.2) is 78.9 Å². The molecule has 0 bridgehead atoms. The van der Waals surface area contributed by atoms with Crippen LogP contribution in [0.2, 0.25) is 36.3 Å². The van der Waals surface area contributed by atoms with Crippen molar-refractivity contribution in [3.05, 3.63) is 90.0 Å². The van der Waals surface area contributed by atoms with Crippen LogP contribution in [0.3, 0.4) is 0 Å². The van der Waals surface area contributed by atoms with Crippen LogP contribution >= 0.6 is 0 Å². The zero-order valence-corrected chi connectivity index (χ0v) is 34.6. The average molecular weight is 712 g/mol. The van der Waals surface area contributed by atoms with E-state index in [0.29, 0.717) is 6.61 Å². The van der Waals surface area contributed by atoms with Gasteiger partial charge >= 0.3 is 0 Å². The van der Waals surface area contributed by atoms with E-state index >= 15 is 0 Å². The molecule has 0 aromatic heterocycles. The van der Waals surface area contributed by atoms with E-state index in [1.807, 2.05) is 0 Å². The number of hydrogen-bond acceptors (Lipinski definition) is 5. The van der Waals surface area contributed by atoms with Crippen molar-refractivity contribution in [3.8, 4) is 28.4 Å². The number of fused-ring (bicyclic) bond motifs is 1. The normalized spacial score (nSPS) is 15.6. The number of methoxy groups -OCH3 is 1. The first-order chi connectivity index (χ1) is 23.5. The Morgan fingerprint density at radius 3 is 1.80 bits per heavy atom. The lowest BCUT2D eigenvalue weighted by Gasteiger charge is -2.36. The van der Waals surface area contributed by atoms with Crippen molar-refractivity contribution in [3.63, 3.8) is 0 Å². The molecule has 1 aliphatic heterocycles. The summed E-state index contributed by atoms with van der Waals surface area (Å²) in [5.41, 5.74) is 4.50. The monoisotopic (exact) mass is 711 g/mol. The minimum atomic E-state index is -2.00. The van der Waals surface area contributed by atoms with Gasteiger partial charge in [-0.2, -0.15) is 0 Å². The topological polar surface area (TPSA) is 40.2 Å². The molecule has 0 saturated carbocycles. The number of rotatable bonds is 12. The first-order valence-corrected chi connectivity index (χ1v) is 24.3.